The predicted molar refractivity (Wildman–Crippen MR) is 57.8 cm³/mol. The molecule has 1 aromatic carbocycles. The molecule has 0 heterocycles. The predicted octanol–water partition coefficient (Wildman–Crippen LogP) is 1.47. The van der Waals surface area contributed by atoms with Crippen LogP contribution in [-0.4, -0.2) is 21.9 Å². The minimum absolute atomic E-state index is 0.129. The number of aliphatic imine (C=N–C) groups is 1. The monoisotopic (exact) mass is 219 g/mol. The van der Waals surface area contributed by atoms with E-state index in [4.69, 9.17) is 0 Å². The van der Waals surface area contributed by atoms with Gasteiger partial charge in [0.1, 0.15) is 11.3 Å². The Hall–Kier alpha value is -1.64. The summed E-state index contributed by atoms with van der Waals surface area (Å²) in [5.74, 6) is 0.129. The van der Waals surface area contributed by atoms with Gasteiger partial charge in [-0.1, -0.05) is 12.1 Å². The largest absolute Gasteiger partial charge is 0.508 e. The van der Waals surface area contributed by atoms with E-state index in [1.165, 1.54) is 0 Å². The van der Waals surface area contributed by atoms with Crippen LogP contribution in [0.1, 0.15) is 25.3 Å². The lowest BCUT2D eigenvalue weighted by atomic mass is 9.63. The van der Waals surface area contributed by atoms with Crippen LogP contribution in [-0.2, 0) is 10.3 Å². The van der Waals surface area contributed by atoms with Crippen LogP contribution in [0.3, 0.4) is 0 Å². The molecule has 0 amide bonds. The number of isocyanates is 1. The summed E-state index contributed by atoms with van der Waals surface area (Å²) in [7, 11) is 0. The lowest BCUT2D eigenvalue weighted by Gasteiger charge is -2.48. The maximum Gasteiger partial charge on any atom is 0.235 e. The highest BCUT2D eigenvalue weighted by molar-refractivity contribution is 5.42. The number of phenolic OH excluding ortho intramolecular Hbond substituents is 1. The number of rotatable bonds is 2. The van der Waals surface area contributed by atoms with Gasteiger partial charge >= 0.3 is 0 Å². The topological polar surface area (TPSA) is 69.9 Å². The van der Waals surface area contributed by atoms with Crippen molar-refractivity contribution in [2.24, 2.45) is 4.99 Å². The summed E-state index contributed by atoms with van der Waals surface area (Å²) in [6, 6.07) is 6.60. The number of aromatic hydroxyl groups is 1. The molecule has 1 fully saturated rings. The van der Waals surface area contributed by atoms with Crippen molar-refractivity contribution in [3.8, 4) is 5.75 Å². The number of aliphatic hydroxyl groups is 1. The molecule has 16 heavy (non-hydrogen) atoms. The molecule has 0 saturated heterocycles. The van der Waals surface area contributed by atoms with Crippen molar-refractivity contribution in [1.29, 1.82) is 0 Å². The zero-order valence-electron chi connectivity index (χ0n) is 8.97. The van der Waals surface area contributed by atoms with E-state index in [0.717, 1.165) is 5.56 Å². The van der Waals surface area contributed by atoms with Gasteiger partial charge in [0.25, 0.3) is 0 Å². The standard InChI is InChI=1S/C12H13NO3/c1-11(16)6-12(7-11,13-8-14)9-3-2-4-10(15)5-9/h2-5,15-16H,6-7H2,1H3. The molecule has 0 unspecified atom stereocenters. The molecule has 4 heteroatoms. The minimum Gasteiger partial charge on any atom is -0.508 e. The van der Waals surface area contributed by atoms with Gasteiger partial charge in [-0.15, -0.1) is 0 Å². The van der Waals surface area contributed by atoms with Gasteiger partial charge in [-0.2, -0.15) is 4.99 Å². The second-order valence-corrected chi connectivity index (χ2v) is 4.64. The molecule has 2 rings (SSSR count). The number of hydrogen-bond acceptors (Lipinski definition) is 4. The average Bonchev–Trinajstić information content (AvgIpc) is 2.15. The van der Waals surface area contributed by atoms with Gasteiger partial charge in [0.05, 0.1) is 5.60 Å². The highest BCUT2D eigenvalue weighted by Crippen LogP contribution is 2.51. The Morgan fingerprint density at radius 3 is 2.62 bits per heavy atom. The van der Waals surface area contributed by atoms with Crippen LogP contribution in [0.4, 0.5) is 0 Å². The summed E-state index contributed by atoms with van der Waals surface area (Å²) in [6.45, 7) is 1.70. The van der Waals surface area contributed by atoms with E-state index in [0.29, 0.717) is 12.8 Å². The second-order valence-electron chi connectivity index (χ2n) is 4.64. The third-order valence-electron chi connectivity index (χ3n) is 2.99. The molecule has 84 valence electrons. The molecule has 1 aliphatic carbocycles. The molecule has 0 spiro atoms. The fourth-order valence-corrected chi connectivity index (χ4v) is 2.44. The van der Waals surface area contributed by atoms with Gasteiger partial charge in [0, 0.05) is 12.8 Å². The molecule has 4 nitrogen and oxygen atoms in total. The van der Waals surface area contributed by atoms with E-state index < -0.39 is 11.1 Å². The van der Waals surface area contributed by atoms with Crippen molar-refractivity contribution < 1.29 is 15.0 Å². The van der Waals surface area contributed by atoms with E-state index in [1.807, 2.05) is 0 Å². The van der Waals surface area contributed by atoms with Crippen LogP contribution in [0.2, 0.25) is 0 Å². The second kappa shape index (κ2) is 3.44. The summed E-state index contributed by atoms with van der Waals surface area (Å²) in [5, 5.41) is 19.1. The highest BCUT2D eigenvalue weighted by Gasteiger charge is 2.52. The Morgan fingerprint density at radius 2 is 2.12 bits per heavy atom. The van der Waals surface area contributed by atoms with Crippen LogP contribution in [0, 0.1) is 0 Å². The van der Waals surface area contributed by atoms with Gasteiger partial charge in [0.15, 0.2) is 0 Å². The maximum atomic E-state index is 10.4. The van der Waals surface area contributed by atoms with E-state index in [-0.39, 0.29) is 5.75 Å². The Labute approximate surface area is 93.3 Å². The number of phenols is 1. The molecule has 2 N–H and O–H groups in total. The minimum atomic E-state index is -0.800. The molecule has 1 saturated carbocycles. The van der Waals surface area contributed by atoms with Gasteiger partial charge in [-0.05, 0) is 24.6 Å². The fourth-order valence-electron chi connectivity index (χ4n) is 2.44. The Kier molecular flexibility index (Phi) is 2.34. The van der Waals surface area contributed by atoms with Crippen LogP contribution >= 0.6 is 0 Å². The van der Waals surface area contributed by atoms with E-state index in [2.05, 4.69) is 4.99 Å². The van der Waals surface area contributed by atoms with Gasteiger partial charge in [-0.25, -0.2) is 4.79 Å². The first-order valence-corrected chi connectivity index (χ1v) is 5.08. The molecule has 0 radical (unpaired) electrons. The van der Waals surface area contributed by atoms with E-state index in [1.54, 1.807) is 37.3 Å². The van der Waals surface area contributed by atoms with E-state index in [9.17, 15) is 15.0 Å². The lowest BCUT2D eigenvalue weighted by Crippen LogP contribution is -2.51. The van der Waals surface area contributed by atoms with Crippen molar-refractivity contribution in [2.75, 3.05) is 0 Å². The molecular weight excluding hydrogens is 206 g/mol. The molecule has 0 bridgehead atoms. The van der Waals surface area contributed by atoms with E-state index >= 15 is 0 Å². The SMILES string of the molecule is CC1(O)CC(N=C=O)(c2cccc(O)c2)C1. The summed E-state index contributed by atoms with van der Waals surface area (Å²) >= 11 is 0. The number of carbonyl (C=O) groups excluding carboxylic acids is 1. The van der Waals surface area contributed by atoms with Crippen molar-refractivity contribution in [2.45, 2.75) is 30.9 Å². The lowest BCUT2D eigenvalue weighted by molar-refractivity contribution is -0.0727. The first kappa shape index (κ1) is 10.9. The van der Waals surface area contributed by atoms with Crippen LogP contribution in [0.15, 0.2) is 29.3 Å². The normalized spacial score (nSPS) is 32.6. The summed E-state index contributed by atoms with van der Waals surface area (Å²) < 4.78 is 0. The van der Waals surface area contributed by atoms with Gasteiger partial charge in [0.2, 0.25) is 6.08 Å². The number of hydrogen-bond donors (Lipinski definition) is 2. The Morgan fingerprint density at radius 1 is 1.44 bits per heavy atom. The van der Waals surface area contributed by atoms with Crippen LogP contribution < -0.4 is 0 Å². The van der Waals surface area contributed by atoms with Crippen molar-refractivity contribution >= 4 is 6.08 Å². The first-order chi connectivity index (χ1) is 7.47. The Bertz CT molecular complexity index is 453. The van der Waals surface area contributed by atoms with Crippen LogP contribution in [0.5, 0.6) is 5.75 Å². The smallest absolute Gasteiger partial charge is 0.235 e. The molecule has 1 aromatic rings. The zero-order valence-corrected chi connectivity index (χ0v) is 8.97. The molecular formula is C12H13NO3. The molecule has 0 aromatic heterocycles. The number of benzene rings is 1. The molecule has 0 atom stereocenters. The van der Waals surface area contributed by atoms with Crippen molar-refractivity contribution in [3.63, 3.8) is 0 Å². The summed E-state index contributed by atoms with van der Waals surface area (Å²) in [4.78, 5) is 14.2. The van der Waals surface area contributed by atoms with Crippen LogP contribution in [0.25, 0.3) is 0 Å². The maximum absolute atomic E-state index is 10.4. The summed E-state index contributed by atoms with van der Waals surface area (Å²) in [6.07, 6.45) is 2.30. The zero-order chi connectivity index (χ0) is 11.8. The quantitative estimate of drug-likeness (QED) is 0.584. The molecule has 1 aliphatic rings. The van der Waals surface area contributed by atoms with Crippen molar-refractivity contribution in [1.82, 2.24) is 0 Å². The van der Waals surface area contributed by atoms with Gasteiger partial charge in [-0.3, -0.25) is 0 Å². The third kappa shape index (κ3) is 1.73. The Balaban J connectivity index is 2.39. The molecule has 0 aliphatic heterocycles. The van der Waals surface area contributed by atoms with Gasteiger partial charge < -0.3 is 10.2 Å². The average molecular weight is 219 g/mol. The highest BCUT2D eigenvalue weighted by atomic mass is 16.3. The number of nitrogens with zero attached hydrogens (tertiary/aromatic N) is 1. The third-order valence-corrected chi connectivity index (χ3v) is 2.99. The summed E-state index contributed by atoms with van der Waals surface area (Å²) in [5.41, 5.74) is -0.780. The van der Waals surface area contributed by atoms with Crippen molar-refractivity contribution in [3.05, 3.63) is 29.8 Å². The first-order valence-electron chi connectivity index (χ1n) is 5.08. The fraction of sp³-hybridized carbons (Fsp3) is 0.417.